The SMILES string of the molecule is CC(C)C[C@H](C=O)NC(=O)CCCCN. The van der Waals surface area contributed by atoms with Crippen molar-refractivity contribution in [2.45, 2.75) is 45.6 Å². The molecule has 0 aromatic carbocycles. The minimum atomic E-state index is -0.338. The summed E-state index contributed by atoms with van der Waals surface area (Å²) in [6.07, 6.45) is 3.60. The average Bonchev–Trinajstić information content (AvgIpc) is 2.16. The van der Waals surface area contributed by atoms with Crippen LogP contribution >= 0.6 is 0 Å². The van der Waals surface area contributed by atoms with Crippen LogP contribution in [-0.2, 0) is 9.59 Å². The van der Waals surface area contributed by atoms with Gasteiger partial charge in [0.15, 0.2) is 0 Å². The Hall–Kier alpha value is -0.900. The van der Waals surface area contributed by atoms with Gasteiger partial charge in [0.2, 0.25) is 5.91 Å². The molecule has 0 spiro atoms. The quantitative estimate of drug-likeness (QED) is 0.464. The number of nitrogens with one attached hydrogen (secondary N) is 1. The minimum Gasteiger partial charge on any atom is -0.347 e. The maximum atomic E-state index is 11.4. The number of amides is 1. The molecule has 4 heteroatoms. The molecule has 0 unspecified atom stereocenters. The highest BCUT2D eigenvalue weighted by Gasteiger charge is 2.12. The first-order valence-electron chi connectivity index (χ1n) is 5.54. The summed E-state index contributed by atoms with van der Waals surface area (Å²) >= 11 is 0. The van der Waals surface area contributed by atoms with Crippen LogP contribution in [0.15, 0.2) is 0 Å². The molecule has 0 aromatic rings. The molecule has 0 aliphatic heterocycles. The predicted molar refractivity (Wildman–Crippen MR) is 60.4 cm³/mol. The zero-order valence-electron chi connectivity index (χ0n) is 9.66. The highest BCUT2D eigenvalue weighted by atomic mass is 16.2. The van der Waals surface area contributed by atoms with E-state index in [1.807, 2.05) is 13.8 Å². The lowest BCUT2D eigenvalue weighted by molar-refractivity contribution is -0.124. The summed E-state index contributed by atoms with van der Waals surface area (Å²) in [5.74, 6) is 0.353. The summed E-state index contributed by atoms with van der Waals surface area (Å²) in [5.41, 5.74) is 5.32. The monoisotopic (exact) mass is 214 g/mol. The molecule has 0 heterocycles. The second-order valence-corrected chi connectivity index (χ2v) is 4.19. The summed E-state index contributed by atoms with van der Waals surface area (Å²) < 4.78 is 0. The largest absolute Gasteiger partial charge is 0.347 e. The number of nitrogens with two attached hydrogens (primary N) is 1. The van der Waals surface area contributed by atoms with Gasteiger partial charge in [-0.15, -0.1) is 0 Å². The Morgan fingerprint density at radius 1 is 1.40 bits per heavy atom. The number of hydrogen-bond acceptors (Lipinski definition) is 3. The molecule has 3 N–H and O–H groups in total. The standard InChI is InChI=1S/C11H22N2O2/c1-9(2)7-10(8-14)13-11(15)5-3-4-6-12/h8-10H,3-7,12H2,1-2H3,(H,13,15)/t10-/m1/s1. The Morgan fingerprint density at radius 2 is 2.07 bits per heavy atom. The Morgan fingerprint density at radius 3 is 2.53 bits per heavy atom. The number of rotatable bonds is 8. The molecule has 4 nitrogen and oxygen atoms in total. The van der Waals surface area contributed by atoms with Gasteiger partial charge in [-0.05, 0) is 31.7 Å². The van der Waals surface area contributed by atoms with Gasteiger partial charge >= 0.3 is 0 Å². The first-order chi connectivity index (χ1) is 7.10. The Balaban J connectivity index is 3.75. The number of carbonyl (C=O) groups excluding carboxylic acids is 2. The average molecular weight is 214 g/mol. The third-order valence-electron chi connectivity index (χ3n) is 2.09. The van der Waals surface area contributed by atoms with Crippen LogP contribution in [0.2, 0.25) is 0 Å². The van der Waals surface area contributed by atoms with Crippen molar-refractivity contribution in [2.24, 2.45) is 11.7 Å². The Bertz CT molecular complexity index is 193. The normalized spacial score (nSPS) is 12.5. The number of hydrogen-bond donors (Lipinski definition) is 2. The predicted octanol–water partition coefficient (Wildman–Crippen LogP) is 0.845. The van der Waals surface area contributed by atoms with Gasteiger partial charge < -0.3 is 15.8 Å². The molecule has 88 valence electrons. The van der Waals surface area contributed by atoms with Gasteiger partial charge in [0.05, 0.1) is 6.04 Å². The number of unbranched alkanes of at least 4 members (excludes halogenated alkanes) is 1. The van der Waals surface area contributed by atoms with Gasteiger partial charge in [0.25, 0.3) is 0 Å². The lowest BCUT2D eigenvalue weighted by Gasteiger charge is -2.14. The van der Waals surface area contributed by atoms with E-state index in [0.29, 0.717) is 25.3 Å². The van der Waals surface area contributed by atoms with Crippen molar-refractivity contribution in [3.05, 3.63) is 0 Å². The van der Waals surface area contributed by atoms with Crippen LogP contribution in [0.25, 0.3) is 0 Å². The van der Waals surface area contributed by atoms with Crippen LogP contribution in [0.3, 0.4) is 0 Å². The van der Waals surface area contributed by atoms with E-state index in [1.54, 1.807) is 0 Å². The van der Waals surface area contributed by atoms with Gasteiger partial charge in [0, 0.05) is 6.42 Å². The van der Waals surface area contributed by atoms with Crippen LogP contribution in [0.4, 0.5) is 0 Å². The van der Waals surface area contributed by atoms with Crippen molar-refractivity contribution >= 4 is 12.2 Å². The zero-order valence-corrected chi connectivity index (χ0v) is 9.66. The first-order valence-corrected chi connectivity index (χ1v) is 5.54. The van der Waals surface area contributed by atoms with E-state index in [2.05, 4.69) is 5.32 Å². The molecule has 15 heavy (non-hydrogen) atoms. The fourth-order valence-corrected chi connectivity index (χ4v) is 1.37. The Labute approximate surface area is 91.6 Å². The van der Waals surface area contributed by atoms with Crippen LogP contribution < -0.4 is 11.1 Å². The molecule has 0 fully saturated rings. The molecule has 0 saturated carbocycles. The third kappa shape index (κ3) is 8.12. The van der Waals surface area contributed by atoms with Gasteiger partial charge in [-0.3, -0.25) is 4.79 Å². The topological polar surface area (TPSA) is 72.2 Å². The van der Waals surface area contributed by atoms with E-state index in [4.69, 9.17) is 5.73 Å². The highest BCUT2D eigenvalue weighted by molar-refractivity contribution is 5.79. The fraction of sp³-hybridized carbons (Fsp3) is 0.818. The molecular weight excluding hydrogens is 192 g/mol. The maximum absolute atomic E-state index is 11.4. The molecule has 0 aromatic heterocycles. The lowest BCUT2D eigenvalue weighted by Crippen LogP contribution is -2.36. The summed E-state index contributed by atoms with van der Waals surface area (Å²) in [5, 5.41) is 2.71. The third-order valence-corrected chi connectivity index (χ3v) is 2.09. The van der Waals surface area contributed by atoms with E-state index in [1.165, 1.54) is 0 Å². The molecular formula is C11H22N2O2. The molecule has 0 saturated heterocycles. The van der Waals surface area contributed by atoms with Gasteiger partial charge in [-0.1, -0.05) is 13.8 Å². The van der Waals surface area contributed by atoms with Crippen molar-refractivity contribution in [1.82, 2.24) is 5.32 Å². The van der Waals surface area contributed by atoms with Crippen LogP contribution in [0.5, 0.6) is 0 Å². The molecule has 0 aliphatic carbocycles. The molecule has 1 amide bonds. The van der Waals surface area contributed by atoms with Gasteiger partial charge in [-0.2, -0.15) is 0 Å². The van der Waals surface area contributed by atoms with Crippen LogP contribution in [0.1, 0.15) is 39.5 Å². The fourth-order valence-electron chi connectivity index (χ4n) is 1.37. The van der Waals surface area contributed by atoms with E-state index in [-0.39, 0.29) is 11.9 Å². The van der Waals surface area contributed by atoms with Crippen molar-refractivity contribution < 1.29 is 9.59 Å². The van der Waals surface area contributed by atoms with Crippen molar-refractivity contribution in [3.63, 3.8) is 0 Å². The number of carbonyl (C=O) groups is 2. The molecule has 0 bridgehead atoms. The zero-order chi connectivity index (χ0) is 11.7. The molecule has 1 atom stereocenters. The van der Waals surface area contributed by atoms with Crippen LogP contribution in [0, 0.1) is 5.92 Å². The van der Waals surface area contributed by atoms with Gasteiger partial charge in [0.1, 0.15) is 6.29 Å². The molecule has 0 rings (SSSR count). The van der Waals surface area contributed by atoms with E-state index in [0.717, 1.165) is 19.1 Å². The van der Waals surface area contributed by atoms with E-state index >= 15 is 0 Å². The second-order valence-electron chi connectivity index (χ2n) is 4.19. The first kappa shape index (κ1) is 14.1. The van der Waals surface area contributed by atoms with Crippen molar-refractivity contribution in [3.8, 4) is 0 Å². The van der Waals surface area contributed by atoms with Crippen LogP contribution in [-0.4, -0.2) is 24.8 Å². The molecule has 0 radical (unpaired) electrons. The number of aldehydes is 1. The lowest BCUT2D eigenvalue weighted by atomic mass is 10.0. The van der Waals surface area contributed by atoms with Crippen molar-refractivity contribution in [2.75, 3.05) is 6.54 Å². The summed E-state index contributed by atoms with van der Waals surface area (Å²) in [6.45, 7) is 4.66. The smallest absolute Gasteiger partial charge is 0.220 e. The second kappa shape index (κ2) is 8.41. The van der Waals surface area contributed by atoms with E-state index in [9.17, 15) is 9.59 Å². The minimum absolute atomic E-state index is 0.0544. The molecule has 0 aliphatic rings. The van der Waals surface area contributed by atoms with E-state index < -0.39 is 0 Å². The van der Waals surface area contributed by atoms with Crippen molar-refractivity contribution in [1.29, 1.82) is 0 Å². The summed E-state index contributed by atoms with van der Waals surface area (Å²) in [6, 6.07) is -0.338. The highest BCUT2D eigenvalue weighted by Crippen LogP contribution is 2.03. The maximum Gasteiger partial charge on any atom is 0.220 e. The van der Waals surface area contributed by atoms with Gasteiger partial charge in [-0.25, -0.2) is 0 Å². The summed E-state index contributed by atoms with van der Waals surface area (Å²) in [7, 11) is 0. The Kier molecular flexibility index (Phi) is 7.91. The summed E-state index contributed by atoms with van der Waals surface area (Å²) in [4.78, 5) is 22.0.